The SMILES string of the molecule is CN1CCN(c2cc3c(cc2F)c(=O)c(C(=O)[O-])c2n3C(c3ccc(F)c(F)c3)S2)CC1. The number of benzene rings is 2. The first-order valence-corrected chi connectivity index (χ1v) is 10.8. The zero-order chi connectivity index (χ0) is 22.7. The van der Waals surface area contributed by atoms with Crippen LogP contribution in [0.1, 0.15) is 21.3 Å². The molecular weight excluding hydrogens is 443 g/mol. The van der Waals surface area contributed by atoms with Gasteiger partial charge in [-0.3, -0.25) is 4.79 Å². The van der Waals surface area contributed by atoms with E-state index in [-0.39, 0.29) is 10.4 Å². The molecule has 0 radical (unpaired) electrons. The van der Waals surface area contributed by atoms with E-state index in [0.717, 1.165) is 43.1 Å². The lowest BCUT2D eigenvalue weighted by Crippen LogP contribution is -2.45. The van der Waals surface area contributed by atoms with E-state index in [2.05, 4.69) is 4.90 Å². The molecule has 6 nitrogen and oxygen atoms in total. The highest BCUT2D eigenvalue weighted by Crippen LogP contribution is 2.50. The Hall–Kier alpha value is -2.98. The van der Waals surface area contributed by atoms with E-state index in [4.69, 9.17) is 0 Å². The van der Waals surface area contributed by atoms with Crippen LogP contribution in [0.4, 0.5) is 18.9 Å². The molecule has 2 aliphatic rings. The molecule has 1 fully saturated rings. The maximum Gasteiger partial charge on any atom is 0.199 e. The van der Waals surface area contributed by atoms with E-state index in [1.54, 1.807) is 4.57 Å². The van der Waals surface area contributed by atoms with E-state index in [1.165, 1.54) is 12.1 Å². The molecule has 10 heteroatoms. The summed E-state index contributed by atoms with van der Waals surface area (Å²) in [7, 11) is 1.97. The number of carbonyl (C=O) groups is 1. The van der Waals surface area contributed by atoms with Crippen molar-refractivity contribution in [2.24, 2.45) is 0 Å². The summed E-state index contributed by atoms with van der Waals surface area (Å²) in [5.41, 5.74) is -0.360. The molecule has 0 aliphatic carbocycles. The van der Waals surface area contributed by atoms with Gasteiger partial charge in [-0.15, -0.1) is 0 Å². The number of rotatable bonds is 3. The monoisotopic (exact) mass is 460 g/mol. The number of fused-ring (bicyclic) bond motifs is 3. The highest BCUT2D eigenvalue weighted by molar-refractivity contribution is 8.00. The number of hydrogen-bond acceptors (Lipinski definition) is 6. The van der Waals surface area contributed by atoms with Crippen molar-refractivity contribution in [3.05, 3.63) is 69.1 Å². The first kappa shape index (κ1) is 20.9. The van der Waals surface area contributed by atoms with Gasteiger partial charge in [0, 0.05) is 31.6 Å². The Bertz CT molecular complexity index is 1340. The number of hydrogen-bond donors (Lipinski definition) is 0. The number of carboxylic acids is 1. The quantitative estimate of drug-likeness (QED) is 0.597. The molecule has 5 rings (SSSR count). The van der Waals surface area contributed by atoms with Crippen molar-refractivity contribution in [3.63, 3.8) is 0 Å². The third-order valence-corrected chi connectivity index (χ3v) is 7.29. The first-order chi connectivity index (χ1) is 15.3. The van der Waals surface area contributed by atoms with Gasteiger partial charge in [-0.2, -0.15) is 0 Å². The van der Waals surface area contributed by atoms with Crippen LogP contribution in [0.2, 0.25) is 0 Å². The van der Waals surface area contributed by atoms with Gasteiger partial charge in [0.1, 0.15) is 11.2 Å². The van der Waals surface area contributed by atoms with Crippen LogP contribution in [-0.4, -0.2) is 48.7 Å². The molecule has 3 heterocycles. The maximum absolute atomic E-state index is 15.0. The van der Waals surface area contributed by atoms with Crippen LogP contribution in [-0.2, 0) is 0 Å². The molecule has 0 amide bonds. The van der Waals surface area contributed by atoms with Crippen molar-refractivity contribution in [2.45, 2.75) is 10.4 Å². The number of nitrogens with zero attached hydrogens (tertiary/aromatic N) is 3. The van der Waals surface area contributed by atoms with E-state index in [1.807, 2.05) is 11.9 Å². The fraction of sp³-hybridized carbons (Fsp3) is 0.273. The average molecular weight is 460 g/mol. The molecule has 0 N–H and O–H groups in total. The molecule has 1 atom stereocenters. The number of aromatic carboxylic acids is 1. The third kappa shape index (κ3) is 3.17. The van der Waals surface area contributed by atoms with Crippen molar-refractivity contribution >= 4 is 34.3 Å². The minimum absolute atomic E-state index is 0.101. The second-order valence-corrected chi connectivity index (χ2v) is 8.99. The van der Waals surface area contributed by atoms with Crippen LogP contribution in [0.3, 0.4) is 0 Å². The number of pyridine rings is 1. The van der Waals surface area contributed by atoms with E-state index >= 15 is 4.39 Å². The Morgan fingerprint density at radius 1 is 1.03 bits per heavy atom. The fourth-order valence-corrected chi connectivity index (χ4v) is 5.47. The van der Waals surface area contributed by atoms with Crippen molar-refractivity contribution < 1.29 is 23.1 Å². The van der Waals surface area contributed by atoms with Crippen LogP contribution in [0.5, 0.6) is 0 Å². The van der Waals surface area contributed by atoms with Gasteiger partial charge < -0.3 is 24.3 Å². The second-order valence-electron chi connectivity index (χ2n) is 7.92. The Balaban J connectivity index is 1.72. The third-order valence-electron chi connectivity index (χ3n) is 5.96. The van der Waals surface area contributed by atoms with Gasteiger partial charge in [0.05, 0.1) is 27.8 Å². The van der Waals surface area contributed by atoms with Gasteiger partial charge in [0.2, 0.25) is 0 Å². The zero-order valence-corrected chi connectivity index (χ0v) is 17.7. The predicted molar refractivity (Wildman–Crippen MR) is 113 cm³/mol. The smallest absolute Gasteiger partial charge is 0.199 e. The number of carbonyl (C=O) groups excluding carboxylic acids is 1. The Labute approximate surface area is 184 Å². The molecular formula is C22H17F3N3O3S-. The summed E-state index contributed by atoms with van der Waals surface area (Å²) in [6.45, 7) is 2.67. The number of likely N-dealkylation sites (N-methyl/N-ethyl adjacent to an activating group) is 1. The van der Waals surface area contributed by atoms with E-state index < -0.39 is 39.8 Å². The van der Waals surface area contributed by atoms with Gasteiger partial charge in [-0.25, -0.2) is 13.2 Å². The Kier molecular flexibility index (Phi) is 4.94. The van der Waals surface area contributed by atoms with Gasteiger partial charge in [-0.05, 0) is 36.9 Å². The lowest BCUT2D eigenvalue weighted by molar-refractivity contribution is -0.255. The van der Waals surface area contributed by atoms with Gasteiger partial charge >= 0.3 is 0 Å². The maximum atomic E-state index is 15.0. The number of aromatic nitrogens is 1. The summed E-state index contributed by atoms with van der Waals surface area (Å²) in [6.07, 6.45) is 0. The molecule has 2 aliphatic heterocycles. The van der Waals surface area contributed by atoms with Crippen molar-refractivity contribution in [2.75, 3.05) is 38.1 Å². The molecule has 0 spiro atoms. The summed E-state index contributed by atoms with van der Waals surface area (Å²) >= 11 is 1.04. The van der Waals surface area contributed by atoms with Crippen LogP contribution in [0.25, 0.3) is 10.9 Å². The van der Waals surface area contributed by atoms with Crippen LogP contribution in [0.15, 0.2) is 40.2 Å². The second kappa shape index (κ2) is 7.56. The molecule has 1 aromatic heterocycles. The van der Waals surface area contributed by atoms with Gasteiger partial charge in [0.25, 0.3) is 0 Å². The van der Waals surface area contributed by atoms with Gasteiger partial charge in [0.15, 0.2) is 17.1 Å². The predicted octanol–water partition coefficient (Wildman–Crippen LogP) is 2.19. The number of thioether (sulfide) groups is 1. The molecule has 1 unspecified atom stereocenters. The summed E-state index contributed by atoms with van der Waals surface area (Å²) in [6, 6.07) is 6.00. The largest absolute Gasteiger partial charge is 0.545 e. The lowest BCUT2D eigenvalue weighted by atomic mass is 10.1. The molecule has 166 valence electrons. The summed E-state index contributed by atoms with van der Waals surface area (Å²) in [5.74, 6) is -4.33. The van der Waals surface area contributed by atoms with Crippen LogP contribution >= 0.6 is 11.8 Å². The highest BCUT2D eigenvalue weighted by Gasteiger charge is 2.35. The molecule has 32 heavy (non-hydrogen) atoms. The van der Waals surface area contributed by atoms with Crippen molar-refractivity contribution in [1.29, 1.82) is 0 Å². The number of carboxylic acid groups (broad SMARTS) is 1. The lowest BCUT2D eigenvalue weighted by Gasteiger charge is -2.37. The molecule has 0 bridgehead atoms. The first-order valence-electron chi connectivity index (χ1n) is 9.94. The van der Waals surface area contributed by atoms with Crippen LogP contribution in [0, 0.1) is 17.5 Å². The minimum atomic E-state index is -1.67. The van der Waals surface area contributed by atoms with Crippen LogP contribution < -0.4 is 15.4 Å². The molecule has 0 saturated carbocycles. The normalized spacial score (nSPS) is 18.5. The van der Waals surface area contributed by atoms with Crippen molar-refractivity contribution in [1.82, 2.24) is 9.47 Å². The molecule has 3 aromatic rings. The topological polar surface area (TPSA) is 68.6 Å². The number of halogens is 3. The summed E-state index contributed by atoms with van der Waals surface area (Å²) < 4.78 is 43.8. The number of anilines is 1. The zero-order valence-electron chi connectivity index (χ0n) is 16.9. The van der Waals surface area contributed by atoms with E-state index in [0.29, 0.717) is 29.9 Å². The Morgan fingerprint density at radius 2 is 1.75 bits per heavy atom. The Morgan fingerprint density at radius 3 is 2.41 bits per heavy atom. The van der Waals surface area contributed by atoms with Crippen molar-refractivity contribution in [3.8, 4) is 0 Å². The van der Waals surface area contributed by atoms with Gasteiger partial charge in [-0.1, -0.05) is 17.8 Å². The standard InChI is InChI=1S/C22H18F3N3O3S/c1-26-4-6-27(7-5-26)17-10-16-12(9-15(17)25)19(29)18(22(30)31)21-28(16)20(32-21)11-2-3-13(23)14(24)8-11/h2-3,8-10,20H,4-7H2,1H3,(H,30,31)/p-1. The number of piperazine rings is 1. The fourth-order valence-electron chi connectivity index (χ4n) is 4.20. The molecule has 2 aromatic carbocycles. The minimum Gasteiger partial charge on any atom is -0.545 e. The summed E-state index contributed by atoms with van der Waals surface area (Å²) in [5, 5.41) is 11.1. The van der Waals surface area contributed by atoms with E-state index in [9.17, 15) is 23.5 Å². The highest BCUT2D eigenvalue weighted by atomic mass is 32.2. The average Bonchev–Trinajstić information content (AvgIpc) is 2.73. The summed E-state index contributed by atoms with van der Waals surface area (Å²) in [4.78, 5) is 28.5. The molecule has 1 saturated heterocycles.